The number of aromatic nitrogens is 1. The fourth-order valence-corrected chi connectivity index (χ4v) is 3.56. The lowest BCUT2D eigenvalue weighted by molar-refractivity contribution is -0.116. The first-order valence-corrected chi connectivity index (χ1v) is 10.1. The highest BCUT2D eigenvalue weighted by Crippen LogP contribution is 2.26. The van der Waals surface area contributed by atoms with Gasteiger partial charge in [0.15, 0.2) is 0 Å². The Kier molecular flexibility index (Phi) is 6.39. The van der Waals surface area contributed by atoms with E-state index in [1.165, 1.54) is 47.0 Å². The van der Waals surface area contributed by atoms with E-state index in [4.69, 9.17) is 0 Å². The summed E-state index contributed by atoms with van der Waals surface area (Å²) in [5.74, 6) is -0.750. The van der Waals surface area contributed by atoms with Gasteiger partial charge in [0.2, 0.25) is 5.91 Å². The molecule has 0 radical (unpaired) electrons. The van der Waals surface area contributed by atoms with Crippen LogP contribution < -0.4 is 5.32 Å². The molecule has 0 aliphatic heterocycles. The molecule has 0 atom stereocenters. The van der Waals surface area contributed by atoms with Crippen molar-refractivity contribution in [3.8, 4) is 10.6 Å². The molecule has 2 amide bonds. The summed E-state index contributed by atoms with van der Waals surface area (Å²) in [5.41, 5.74) is 2.83. The molecule has 0 fully saturated rings. The van der Waals surface area contributed by atoms with Crippen molar-refractivity contribution in [2.45, 2.75) is 19.8 Å². The Balaban J connectivity index is 1.63. The van der Waals surface area contributed by atoms with Crippen molar-refractivity contribution >= 4 is 28.8 Å². The molecule has 1 N–H and O–H groups in total. The molecule has 3 aromatic rings. The van der Waals surface area contributed by atoms with Crippen LogP contribution >= 0.6 is 11.3 Å². The lowest BCUT2D eigenvalue weighted by Crippen LogP contribution is -2.35. The fourth-order valence-electron chi connectivity index (χ4n) is 2.76. The molecular weight excluding hydrogens is 389 g/mol. The second-order valence-electron chi connectivity index (χ2n) is 7.03. The van der Waals surface area contributed by atoms with Crippen LogP contribution in [-0.2, 0) is 4.79 Å². The fraction of sp³-hybridized carbons (Fsp3) is 0.227. The number of thiazole rings is 1. The van der Waals surface area contributed by atoms with Crippen LogP contribution in [-0.4, -0.2) is 35.3 Å². The van der Waals surface area contributed by atoms with Crippen LogP contribution in [0.3, 0.4) is 0 Å². The van der Waals surface area contributed by atoms with Crippen LogP contribution in [0.5, 0.6) is 0 Å². The molecule has 0 bridgehead atoms. The van der Waals surface area contributed by atoms with Crippen LogP contribution in [0.1, 0.15) is 35.8 Å². The van der Waals surface area contributed by atoms with E-state index in [0.29, 0.717) is 17.3 Å². The minimum atomic E-state index is -0.441. The molecule has 0 saturated heterocycles. The second-order valence-corrected chi connectivity index (χ2v) is 7.89. The molecule has 0 aliphatic carbocycles. The van der Waals surface area contributed by atoms with Gasteiger partial charge in [0, 0.05) is 23.7 Å². The summed E-state index contributed by atoms with van der Waals surface area (Å²) in [5, 5.41) is 5.02. The van der Waals surface area contributed by atoms with Gasteiger partial charge in [0.05, 0.1) is 6.54 Å². The first kappa shape index (κ1) is 20.7. The highest BCUT2D eigenvalue weighted by atomic mass is 32.1. The normalized spacial score (nSPS) is 10.8. The molecule has 0 saturated carbocycles. The zero-order chi connectivity index (χ0) is 21.0. The molecule has 150 valence electrons. The number of rotatable bonds is 6. The van der Waals surface area contributed by atoms with Crippen LogP contribution in [0.25, 0.3) is 10.6 Å². The highest BCUT2D eigenvalue weighted by Gasteiger charge is 2.18. The molecule has 3 rings (SSSR count). The average Bonchev–Trinajstić information content (AvgIpc) is 3.17. The van der Waals surface area contributed by atoms with Gasteiger partial charge in [-0.1, -0.05) is 44.2 Å². The number of benzene rings is 2. The number of halogens is 1. The molecule has 2 aromatic carbocycles. The van der Waals surface area contributed by atoms with E-state index in [2.05, 4.69) is 36.3 Å². The van der Waals surface area contributed by atoms with Gasteiger partial charge in [-0.2, -0.15) is 0 Å². The van der Waals surface area contributed by atoms with Gasteiger partial charge in [-0.15, -0.1) is 11.3 Å². The number of carbonyl (C=O) groups excluding carboxylic acids is 2. The predicted molar refractivity (Wildman–Crippen MR) is 114 cm³/mol. The summed E-state index contributed by atoms with van der Waals surface area (Å²) in [6, 6.07) is 13.7. The second kappa shape index (κ2) is 8.96. The average molecular weight is 412 g/mol. The Bertz CT molecular complexity index is 1010. The maximum Gasteiger partial charge on any atom is 0.273 e. The quantitative estimate of drug-likeness (QED) is 0.635. The van der Waals surface area contributed by atoms with Crippen molar-refractivity contribution in [3.05, 3.63) is 71.0 Å². The predicted octanol–water partition coefficient (Wildman–Crippen LogP) is 4.78. The summed E-state index contributed by atoms with van der Waals surface area (Å²) in [6.45, 7) is 4.11. The van der Waals surface area contributed by atoms with Gasteiger partial charge < -0.3 is 10.2 Å². The Morgan fingerprint density at radius 3 is 2.55 bits per heavy atom. The Morgan fingerprint density at radius 1 is 1.17 bits per heavy atom. The first-order chi connectivity index (χ1) is 13.8. The molecule has 0 spiro atoms. The molecular formula is C22H22FN3O2S. The summed E-state index contributed by atoms with van der Waals surface area (Å²) in [7, 11) is 1.53. The minimum absolute atomic E-state index is 0.161. The molecule has 29 heavy (non-hydrogen) atoms. The van der Waals surface area contributed by atoms with E-state index >= 15 is 0 Å². The molecule has 5 nitrogen and oxygen atoms in total. The third kappa shape index (κ3) is 5.26. The number of hydrogen-bond donors (Lipinski definition) is 1. The summed E-state index contributed by atoms with van der Waals surface area (Å²) in [4.78, 5) is 30.5. The molecule has 1 aromatic heterocycles. The third-order valence-corrected chi connectivity index (χ3v) is 5.27. The van der Waals surface area contributed by atoms with Crippen LogP contribution in [0, 0.1) is 5.82 Å². The van der Waals surface area contributed by atoms with Gasteiger partial charge in [0.25, 0.3) is 5.91 Å². The smallest absolute Gasteiger partial charge is 0.273 e. The molecule has 1 heterocycles. The van der Waals surface area contributed by atoms with Crippen molar-refractivity contribution in [1.82, 2.24) is 9.88 Å². The lowest BCUT2D eigenvalue weighted by Gasteiger charge is -2.15. The van der Waals surface area contributed by atoms with Gasteiger partial charge in [0.1, 0.15) is 16.5 Å². The van der Waals surface area contributed by atoms with Gasteiger partial charge in [-0.25, -0.2) is 9.37 Å². The van der Waals surface area contributed by atoms with E-state index in [1.54, 1.807) is 11.4 Å². The van der Waals surface area contributed by atoms with Gasteiger partial charge in [-0.3, -0.25) is 9.59 Å². The standard InChI is InChI=1S/C22H22FN3O2S/c1-14(2)15-7-9-16(10-8-15)21-25-19(13-29-21)22(28)26(3)12-20(27)24-18-6-4-5-17(23)11-18/h4-11,13-14H,12H2,1-3H3,(H,24,27). The van der Waals surface area contributed by atoms with E-state index in [-0.39, 0.29) is 12.5 Å². The van der Waals surface area contributed by atoms with Crippen LogP contribution in [0.2, 0.25) is 0 Å². The monoisotopic (exact) mass is 411 g/mol. The topological polar surface area (TPSA) is 62.3 Å². The molecule has 0 aliphatic rings. The van der Waals surface area contributed by atoms with Crippen molar-refractivity contribution in [1.29, 1.82) is 0 Å². The number of anilines is 1. The van der Waals surface area contributed by atoms with E-state index < -0.39 is 11.7 Å². The van der Waals surface area contributed by atoms with Crippen molar-refractivity contribution < 1.29 is 14.0 Å². The summed E-state index contributed by atoms with van der Waals surface area (Å²) >= 11 is 1.38. The van der Waals surface area contributed by atoms with Crippen molar-refractivity contribution in [2.24, 2.45) is 0 Å². The van der Waals surface area contributed by atoms with Crippen molar-refractivity contribution in [3.63, 3.8) is 0 Å². The number of likely N-dealkylation sites (N-methyl/N-ethyl adjacent to an activating group) is 1. The largest absolute Gasteiger partial charge is 0.331 e. The maximum absolute atomic E-state index is 13.2. The van der Waals surface area contributed by atoms with Gasteiger partial charge >= 0.3 is 0 Å². The Morgan fingerprint density at radius 2 is 1.90 bits per heavy atom. The summed E-state index contributed by atoms with van der Waals surface area (Å²) in [6.07, 6.45) is 0. The number of hydrogen-bond acceptors (Lipinski definition) is 4. The first-order valence-electron chi connectivity index (χ1n) is 9.20. The number of amides is 2. The zero-order valence-electron chi connectivity index (χ0n) is 16.5. The van der Waals surface area contributed by atoms with E-state index in [1.807, 2.05) is 12.1 Å². The van der Waals surface area contributed by atoms with Crippen LogP contribution in [0.4, 0.5) is 10.1 Å². The third-order valence-electron chi connectivity index (χ3n) is 4.38. The van der Waals surface area contributed by atoms with Crippen LogP contribution in [0.15, 0.2) is 53.9 Å². The maximum atomic E-state index is 13.2. The Labute approximate surface area is 173 Å². The highest BCUT2D eigenvalue weighted by molar-refractivity contribution is 7.13. The minimum Gasteiger partial charge on any atom is -0.331 e. The number of nitrogens with zero attached hydrogens (tertiary/aromatic N) is 2. The SMILES string of the molecule is CC(C)c1ccc(-c2nc(C(=O)N(C)CC(=O)Nc3cccc(F)c3)cs2)cc1. The summed E-state index contributed by atoms with van der Waals surface area (Å²) < 4.78 is 13.2. The molecule has 0 unspecified atom stereocenters. The van der Waals surface area contributed by atoms with E-state index in [0.717, 1.165) is 10.6 Å². The van der Waals surface area contributed by atoms with Crippen molar-refractivity contribution in [2.75, 3.05) is 18.9 Å². The Hall–Kier alpha value is -3.06. The zero-order valence-corrected chi connectivity index (χ0v) is 17.3. The molecule has 7 heteroatoms. The number of carbonyl (C=O) groups is 2. The van der Waals surface area contributed by atoms with E-state index in [9.17, 15) is 14.0 Å². The lowest BCUT2D eigenvalue weighted by atomic mass is 10.0. The number of nitrogens with one attached hydrogen (secondary N) is 1. The van der Waals surface area contributed by atoms with Gasteiger partial charge in [-0.05, 0) is 29.7 Å².